The Morgan fingerprint density at radius 1 is 1.09 bits per heavy atom. The number of carbonyl (C=O) groups excluding carboxylic acids is 1. The van der Waals surface area contributed by atoms with Gasteiger partial charge < -0.3 is 20.9 Å². The molecule has 0 radical (unpaired) electrons. The molecule has 0 saturated carbocycles. The van der Waals surface area contributed by atoms with Crippen LogP contribution in [0.2, 0.25) is 0 Å². The largest absolute Gasteiger partial charge is 0.450 e. The third-order valence-corrected chi connectivity index (χ3v) is 7.12. The molecule has 2 unspecified atom stereocenters. The predicted molar refractivity (Wildman–Crippen MR) is 134 cm³/mol. The molecule has 2 rings (SSSR count). The Morgan fingerprint density at radius 2 is 1.74 bits per heavy atom. The Labute approximate surface area is 203 Å². The van der Waals surface area contributed by atoms with Crippen molar-refractivity contribution in [2.24, 2.45) is 5.92 Å². The summed E-state index contributed by atoms with van der Waals surface area (Å²) in [6.45, 7) is 6.11. The van der Waals surface area contributed by atoms with Crippen LogP contribution in [0, 0.1) is 5.92 Å². The standard InChI is InChI=1S/C25H37N3O5S/c1-4-5-15-33-25(30)27-23(16-20-9-7-6-8-10-20)24(29)18-28(17-19(2)3)34(31,32)22-13-11-21(26)12-14-22/h6-14,19,23-24,29H,4-5,15-18,26H2,1-3H3,(H,27,30). The molecular weight excluding hydrogens is 454 g/mol. The van der Waals surface area contributed by atoms with E-state index < -0.39 is 28.3 Å². The Morgan fingerprint density at radius 3 is 2.32 bits per heavy atom. The van der Waals surface area contributed by atoms with Crippen molar-refractivity contribution in [2.45, 2.75) is 57.1 Å². The summed E-state index contributed by atoms with van der Waals surface area (Å²) >= 11 is 0. The van der Waals surface area contributed by atoms with Crippen molar-refractivity contribution >= 4 is 21.8 Å². The third-order valence-electron chi connectivity index (χ3n) is 5.27. The summed E-state index contributed by atoms with van der Waals surface area (Å²) in [5.41, 5.74) is 7.07. The van der Waals surface area contributed by atoms with Crippen LogP contribution in [-0.4, -0.2) is 55.8 Å². The first kappa shape index (κ1) is 27.6. The van der Waals surface area contributed by atoms with E-state index in [0.29, 0.717) is 12.1 Å². The molecule has 0 spiro atoms. The fourth-order valence-corrected chi connectivity index (χ4v) is 5.08. The molecule has 9 heteroatoms. The maximum atomic E-state index is 13.4. The van der Waals surface area contributed by atoms with Gasteiger partial charge in [-0.1, -0.05) is 57.5 Å². The van der Waals surface area contributed by atoms with Gasteiger partial charge in [-0.15, -0.1) is 0 Å². The number of alkyl carbamates (subject to hydrolysis) is 1. The van der Waals surface area contributed by atoms with E-state index in [1.165, 1.54) is 28.6 Å². The molecule has 2 aromatic rings. The lowest BCUT2D eigenvalue weighted by Gasteiger charge is -2.30. The molecule has 0 aromatic heterocycles. The summed E-state index contributed by atoms with van der Waals surface area (Å²) in [5.74, 6) is 0.0234. The molecule has 4 N–H and O–H groups in total. The van der Waals surface area contributed by atoms with E-state index in [4.69, 9.17) is 10.5 Å². The molecule has 34 heavy (non-hydrogen) atoms. The van der Waals surface area contributed by atoms with Gasteiger partial charge in [-0.2, -0.15) is 4.31 Å². The number of nitrogens with zero attached hydrogens (tertiary/aromatic N) is 1. The van der Waals surface area contributed by atoms with Crippen LogP contribution in [0.1, 0.15) is 39.2 Å². The van der Waals surface area contributed by atoms with Crippen LogP contribution in [0.4, 0.5) is 10.5 Å². The molecule has 188 valence electrons. The monoisotopic (exact) mass is 491 g/mol. The van der Waals surface area contributed by atoms with Crippen molar-refractivity contribution in [1.82, 2.24) is 9.62 Å². The van der Waals surface area contributed by atoms with Crippen LogP contribution in [0.3, 0.4) is 0 Å². The lowest BCUT2D eigenvalue weighted by atomic mass is 10.0. The average Bonchev–Trinajstić information content (AvgIpc) is 2.79. The highest BCUT2D eigenvalue weighted by molar-refractivity contribution is 7.89. The van der Waals surface area contributed by atoms with Gasteiger partial charge >= 0.3 is 6.09 Å². The number of sulfonamides is 1. The molecule has 1 amide bonds. The van der Waals surface area contributed by atoms with Crippen molar-refractivity contribution < 1.29 is 23.1 Å². The van der Waals surface area contributed by atoms with Crippen LogP contribution in [0.15, 0.2) is 59.5 Å². The van der Waals surface area contributed by atoms with Gasteiger partial charge in [0.2, 0.25) is 10.0 Å². The second-order valence-electron chi connectivity index (χ2n) is 8.78. The highest BCUT2D eigenvalue weighted by atomic mass is 32.2. The first-order chi connectivity index (χ1) is 16.1. The van der Waals surface area contributed by atoms with Gasteiger partial charge in [0, 0.05) is 18.8 Å². The number of nitrogens with one attached hydrogen (secondary N) is 1. The minimum absolute atomic E-state index is 0.0234. The van der Waals surface area contributed by atoms with Crippen molar-refractivity contribution in [3.63, 3.8) is 0 Å². The van der Waals surface area contributed by atoms with Crippen LogP contribution in [0.5, 0.6) is 0 Å². The Kier molecular flexibility index (Phi) is 10.8. The number of hydrogen-bond acceptors (Lipinski definition) is 6. The number of amides is 1. The molecule has 0 aliphatic heterocycles. The number of unbranched alkanes of at least 4 members (excludes halogenated alkanes) is 1. The number of anilines is 1. The number of carbonyl (C=O) groups is 1. The van der Waals surface area contributed by atoms with E-state index in [9.17, 15) is 18.3 Å². The van der Waals surface area contributed by atoms with E-state index in [-0.39, 0.29) is 30.5 Å². The second-order valence-corrected chi connectivity index (χ2v) is 10.7. The zero-order valence-electron chi connectivity index (χ0n) is 20.2. The second kappa shape index (κ2) is 13.3. The van der Waals surface area contributed by atoms with Gasteiger partial charge in [-0.05, 0) is 48.6 Å². The van der Waals surface area contributed by atoms with E-state index in [1.54, 1.807) is 0 Å². The molecule has 0 aliphatic rings. The van der Waals surface area contributed by atoms with Crippen molar-refractivity contribution in [1.29, 1.82) is 0 Å². The zero-order chi connectivity index (χ0) is 25.1. The number of rotatable bonds is 13. The molecule has 2 atom stereocenters. The topological polar surface area (TPSA) is 122 Å². The Hall–Kier alpha value is -2.62. The van der Waals surface area contributed by atoms with Crippen LogP contribution < -0.4 is 11.1 Å². The van der Waals surface area contributed by atoms with Gasteiger partial charge in [-0.3, -0.25) is 0 Å². The number of ether oxygens (including phenoxy) is 1. The smallest absolute Gasteiger partial charge is 0.407 e. The number of benzene rings is 2. The maximum absolute atomic E-state index is 13.4. The lowest BCUT2D eigenvalue weighted by Crippen LogP contribution is -2.51. The number of aliphatic hydroxyl groups excluding tert-OH is 1. The Bertz CT molecular complexity index is 981. The molecular formula is C25H37N3O5S. The molecule has 0 saturated heterocycles. The Balaban J connectivity index is 2.25. The summed E-state index contributed by atoms with van der Waals surface area (Å²) in [7, 11) is -3.89. The van der Waals surface area contributed by atoms with Crippen LogP contribution >= 0.6 is 0 Å². The quantitative estimate of drug-likeness (QED) is 0.292. The highest BCUT2D eigenvalue weighted by Crippen LogP contribution is 2.20. The summed E-state index contributed by atoms with van der Waals surface area (Å²) in [6, 6.07) is 14.6. The fourth-order valence-electron chi connectivity index (χ4n) is 3.46. The molecule has 0 bridgehead atoms. The van der Waals surface area contributed by atoms with E-state index in [2.05, 4.69) is 5.32 Å². The summed E-state index contributed by atoms with van der Waals surface area (Å²) in [6.07, 6.45) is 0.145. The van der Waals surface area contributed by atoms with Gasteiger partial charge in [0.1, 0.15) is 0 Å². The minimum Gasteiger partial charge on any atom is -0.450 e. The number of aliphatic hydroxyl groups is 1. The first-order valence-corrected chi connectivity index (χ1v) is 13.1. The third kappa shape index (κ3) is 8.62. The predicted octanol–water partition coefficient (Wildman–Crippen LogP) is 3.41. The zero-order valence-corrected chi connectivity index (χ0v) is 21.0. The lowest BCUT2D eigenvalue weighted by molar-refractivity contribution is 0.0889. The maximum Gasteiger partial charge on any atom is 0.407 e. The number of hydrogen-bond donors (Lipinski definition) is 3. The van der Waals surface area contributed by atoms with Gasteiger partial charge in [0.05, 0.1) is 23.6 Å². The van der Waals surface area contributed by atoms with Crippen molar-refractivity contribution in [2.75, 3.05) is 25.4 Å². The van der Waals surface area contributed by atoms with E-state index >= 15 is 0 Å². The summed E-state index contributed by atoms with van der Waals surface area (Å²) in [5, 5.41) is 13.9. The molecule has 0 aliphatic carbocycles. The van der Waals surface area contributed by atoms with Crippen LogP contribution in [0.25, 0.3) is 0 Å². The summed E-state index contributed by atoms with van der Waals surface area (Å²) < 4.78 is 33.2. The number of nitrogen functional groups attached to an aromatic ring is 1. The molecule has 0 fully saturated rings. The summed E-state index contributed by atoms with van der Waals surface area (Å²) in [4.78, 5) is 12.4. The molecule has 2 aromatic carbocycles. The molecule has 0 heterocycles. The fraction of sp³-hybridized carbons (Fsp3) is 0.480. The minimum atomic E-state index is -3.89. The van der Waals surface area contributed by atoms with E-state index in [0.717, 1.165) is 18.4 Å². The van der Waals surface area contributed by atoms with E-state index in [1.807, 2.05) is 51.1 Å². The van der Waals surface area contributed by atoms with Crippen molar-refractivity contribution in [3.05, 3.63) is 60.2 Å². The average molecular weight is 492 g/mol. The number of nitrogens with two attached hydrogens (primary N) is 1. The van der Waals surface area contributed by atoms with Crippen LogP contribution in [-0.2, 0) is 21.2 Å². The molecule has 8 nitrogen and oxygen atoms in total. The highest BCUT2D eigenvalue weighted by Gasteiger charge is 2.31. The van der Waals surface area contributed by atoms with Gasteiger partial charge in [0.15, 0.2) is 0 Å². The SMILES string of the molecule is CCCCOC(=O)NC(Cc1ccccc1)C(O)CN(CC(C)C)S(=O)(=O)c1ccc(N)cc1. The van der Waals surface area contributed by atoms with Crippen molar-refractivity contribution in [3.8, 4) is 0 Å². The van der Waals surface area contributed by atoms with Gasteiger partial charge in [-0.25, -0.2) is 13.2 Å². The normalized spacial score (nSPS) is 13.6. The van der Waals surface area contributed by atoms with Gasteiger partial charge in [0.25, 0.3) is 0 Å². The first-order valence-electron chi connectivity index (χ1n) is 11.6.